The Morgan fingerprint density at radius 1 is 1.17 bits per heavy atom. The van der Waals surface area contributed by atoms with E-state index in [9.17, 15) is 5.26 Å². The maximum atomic E-state index is 9.38. The second-order valence-corrected chi connectivity index (χ2v) is 6.98. The molecule has 1 atom stereocenters. The summed E-state index contributed by atoms with van der Waals surface area (Å²) in [6.45, 7) is 2.45. The third-order valence-corrected chi connectivity index (χ3v) is 5.39. The molecule has 4 saturated carbocycles. The smallest absolute Gasteiger partial charge is 0.127 e. The molecule has 4 rings (SSSR count). The zero-order chi connectivity index (χ0) is 12.8. The predicted molar refractivity (Wildman–Crippen MR) is 69.9 cm³/mol. The summed E-state index contributed by atoms with van der Waals surface area (Å²) in [5.74, 6) is 3.60. The zero-order valence-corrected chi connectivity index (χ0v) is 11.5. The quantitative estimate of drug-likeness (QED) is 0.830. The lowest BCUT2D eigenvalue weighted by molar-refractivity contribution is -0.0255. The van der Waals surface area contributed by atoms with Crippen LogP contribution < -0.4 is 5.32 Å². The van der Waals surface area contributed by atoms with E-state index in [-0.39, 0.29) is 0 Å². The Labute approximate surface area is 110 Å². The van der Waals surface area contributed by atoms with Gasteiger partial charge in [-0.05, 0) is 62.7 Å². The summed E-state index contributed by atoms with van der Waals surface area (Å²) in [4.78, 5) is 0. The minimum absolute atomic E-state index is 0.478. The van der Waals surface area contributed by atoms with Crippen LogP contribution in [0.3, 0.4) is 0 Å². The van der Waals surface area contributed by atoms with Crippen molar-refractivity contribution in [1.82, 2.24) is 5.32 Å². The van der Waals surface area contributed by atoms with Crippen molar-refractivity contribution in [2.24, 2.45) is 23.7 Å². The molecule has 0 amide bonds. The van der Waals surface area contributed by atoms with E-state index >= 15 is 0 Å². The van der Waals surface area contributed by atoms with Crippen LogP contribution in [0.25, 0.3) is 0 Å². The maximum Gasteiger partial charge on any atom is 0.127 e. The molecule has 18 heavy (non-hydrogen) atoms. The minimum atomic E-state index is -0.519. The van der Waals surface area contributed by atoms with Crippen LogP contribution in [-0.4, -0.2) is 25.3 Å². The van der Waals surface area contributed by atoms with Gasteiger partial charge in [-0.1, -0.05) is 0 Å². The minimum Gasteiger partial charge on any atom is -0.382 e. The molecule has 4 aliphatic rings. The summed E-state index contributed by atoms with van der Waals surface area (Å²) in [6.07, 6.45) is 7.03. The van der Waals surface area contributed by atoms with Crippen molar-refractivity contribution in [3.63, 3.8) is 0 Å². The fourth-order valence-electron chi connectivity index (χ4n) is 4.92. The van der Waals surface area contributed by atoms with Crippen molar-refractivity contribution in [2.45, 2.75) is 50.6 Å². The third-order valence-electron chi connectivity index (χ3n) is 5.39. The molecule has 3 heteroatoms. The topological polar surface area (TPSA) is 45.0 Å². The van der Waals surface area contributed by atoms with Gasteiger partial charge < -0.3 is 4.74 Å². The summed E-state index contributed by atoms with van der Waals surface area (Å²) in [7, 11) is 1.67. The van der Waals surface area contributed by atoms with Crippen LogP contribution in [0, 0.1) is 35.0 Å². The second-order valence-electron chi connectivity index (χ2n) is 6.98. The van der Waals surface area contributed by atoms with E-state index < -0.39 is 5.54 Å². The number of methoxy groups -OCH3 is 1. The standard InChI is InChI=1S/C15H24N2O/c1-15(8-16,9-18-2)17-14-12-4-10-3-11(6-12)7-13(14)5-10/h10-14,17H,3-7,9H2,1-2H3. The van der Waals surface area contributed by atoms with Gasteiger partial charge in [-0.3, -0.25) is 5.32 Å². The van der Waals surface area contributed by atoms with Crippen LogP contribution in [0.15, 0.2) is 0 Å². The van der Waals surface area contributed by atoms with E-state index in [2.05, 4.69) is 11.4 Å². The fourth-order valence-corrected chi connectivity index (χ4v) is 4.92. The molecule has 3 nitrogen and oxygen atoms in total. The van der Waals surface area contributed by atoms with Crippen LogP contribution in [0.2, 0.25) is 0 Å². The monoisotopic (exact) mass is 248 g/mol. The zero-order valence-electron chi connectivity index (χ0n) is 11.5. The number of hydrogen-bond donors (Lipinski definition) is 1. The molecule has 4 bridgehead atoms. The highest BCUT2D eigenvalue weighted by atomic mass is 16.5. The Kier molecular flexibility index (Phi) is 3.11. The van der Waals surface area contributed by atoms with Crippen LogP contribution in [0.4, 0.5) is 0 Å². The SMILES string of the molecule is COCC(C)(C#N)NC1C2CC3CC(C2)CC1C3. The van der Waals surface area contributed by atoms with Crippen molar-refractivity contribution in [3.05, 3.63) is 0 Å². The number of nitrogens with one attached hydrogen (secondary N) is 1. The maximum absolute atomic E-state index is 9.38. The van der Waals surface area contributed by atoms with E-state index in [1.165, 1.54) is 32.1 Å². The fraction of sp³-hybridized carbons (Fsp3) is 0.933. The predicted octanol–water partition coefficient (Wildman–Crippen LogP) is 2.33. The summed E-state index contributed by atoms with van der Waals surface area (Å²) in [5, 5.41) is 13.0. The molecular formula is C15H24N2O. The first-order valence-corrected chi connectivity index (χ1v) is 7.31. The van der Waals surface area contributed by atoms with Crippen molar-refractivity contribution in [3.8, 4) is 6.07 Å². The van der Waals surface area contributed by atoms with E-state index in [4.69, 9.17) is 4.74 Å². The lowest BCUT2D eigenvalue weighted by Gasteiger charge is -2.55. The first-order chi connectivity index (χ1) is 8.63. The highest BCUT2D eigenvalue weighted by molar-refractivity contribution is 5.10. The molecule has 0 spiro atoms. The lowest BCUT2D eigenvalue weighted by atomic mass is 9.54. The van der Waals surface area contributed by atoms with Gasteiger partial charge in [-0.25, -0.2) is 0 Å². The number of nitrogens with zero attached hydrogens (tertiary/aromatic N) is 1. The molecule has 0 aliphatic heterocycles. The van der Waals surface area contributed by atoms with Gasteiger partial charge in [-0.15, -0.1) is 0 Å². The molecule has 0 aromatic carbocycles. The first kappa shape index (κ1) is 12.4. The van der Waals surface area contributed by atoms with Crippen molar-refractivity contribution < 1.29 is 4.74 Å². The highest BCUT2D eigenvalue weighted by Gasteiger charge is 2.49. The number of ether oxygens (including phenoxy) is 1. The van der Waals surface area contributed by atoms with E-state index in [0.29, 0.717) is 12.6 Å². The molecule has 1 N–H and O–H groups in total. The molecule has 100 valence electrons. The van der Waals surface area contributed by atoms with Gasteiger partial charge >= 0.3 is 0 Å². The second kappa shape index (κ2) is 4.51. The lowest BCUT2D eigenvalue weighted by Crippen LogP contribution is -2.61. The Balaban J connectivity index is 1.72. The average Bonchev–Trinajstić information content (AvgIpc) is 2.33. The molecule has 4 aliphatic carbocycles. The Bertz CT molecular complexity index is 334. The molecule has 0 saturated heterocycles. The molecule has 1 unspecified atom stereocenters. The summed E-state index contributed by atoms with van der Waals surface area (Å²) in [5.41, 5.74) is -0.519. The van der Waals surface area contributed by atoms with Gasteiger partial charge in [0, 0.05) is 13.2 Å². The largest absolute Gasteiger partial charge is 0.382 e. The van der Waals surface area contributed by atoms with E-state index in [1.807, 2.05) is 6.92 Å². The molecule has 0 heterocycles. The number of nitriles is 1. The van der Waals surface area contributed by atoms with Gasteiger partial charge in [0.05, 0.1) is 12.7 Å². The summed E-state index contributed by atoms with van der Waals surface area (Å²) in [6, 6.07) is 2.96. The highest BCUT2D eigenvalue weighted by Crippen LogP contribution is 2.53. The molecule has 4 fully saturated rings. The summed E-state index contributed by atoms with van der Waals surface area (Å²) < 4.78 is 5.21. The Morgan fingerprint density at radius 2 is 1.72 bits per heavy atom. The van der Waals surface area contributed by atoms with Crippen LogP contribution in [-0.2, 0) is 4.74 Å². The molecule has 0 aromatic rings. The average molecular weight is 248 g/mol. The number of rotatable bonds is 4. The normalized spacial score (nSPS) is 44.6. The Hall–Kier alpha value is -0.590. The Morgan fingerprint density at radius 3 is 2.17 bits per heavy atom. The first-order valence-electron chi connectivity index (χ1n) is 7.31. The molecule has 0 radical (unpaired) electrons. The summed E-state index contributed by atoms with van der Waals surface area (Å²) >= 11 is 0. The molecular weight excluding hydrogens is 224 g/mol. The van der Waals surface area contributed by atoms with Gasteiger partial charge in [-0.2, -0.15) is 5.26 Å². The van der Waals surface area contributed by atoms with Crippen molar-refractivity contribution in [1.29, 1.82) is 5.26 Å². The van der Waals surface area contributed by atoms with Crippen molar-refractivity contribution in [2.75, 3.05) is 13.7 Å². The van der Waals surface area contributed by atoms with Crippen LogP contribution >= 0.6 is 0 Å². The van der Waals surface area contributed by atoms with Gasteiger partial charge in [0.2, 0.25) is 0 Å². The van der Waals surface area contributed by atoms with Crippen molar-refractivity contribution >= 4 is 0 Å². The third kappa shape index (κ3) is 2.06. The molecule has 0 aromatic heterocycles. The van der Waals surface area contributed by atoms with Gasteiger partial charge in [0.1, 0.15) is 5.54 Å². The van der Waals surface area contributed by atoms with E-state index in [0.717, 1.165) is 23.7 Å². The van der Waals surface area contributed by atoms with Gasteiger partial charge in [0.25, 0.3) is 0 Å². The van der Waals surface area contributed by atoms with E-state index in [1.54, 1.807) is 7.11 Å². The van der Waals surface area contributed by atoms with Gasteiger partial charge in [0.15, 0.2) is 0 Å². The van der Waals surface area contributed by atoms with Crippen LogP contribution in [0.1, 0.15) is 39.0 Å². The number of hydrogen-bond acceptors (Lipinski definition) is 3. The van der Waals surface area contributed by atoms with Crippen LogP contribution in [0.5, 0.6) is 0 Å².